The minimum Gasteiger partial charge on any atom is -0.309 e. The van der Waals surface area contributed by atoms with Crippen LogP contribution in [0.25, 0.3) is 0 Å². The molecule has 0 radical (unpaired) electrons. The SMILES string of the molecule is CC1(C)C(NCc2ccc([N+](=O)[O-])cc2Cl)C1(C)C. The molecule has 0 saturated heterocycles. The van der Waals surface area contributed by atoms with Crippen LogP contribution in [0.1, 0.15) is 33.3 Å². The average Bonchev–Trinajstić information content (AvgIpc) is 2.68. The second-order valence-electron chi connectivity index (χ2n) is 6.29. The van der Waals surface area contributed by atoms with Crippen molar-refractivity contribution >= 4 is 17.3 Å². The lowest BCUT2D eigenvalue weighted by Crippen LogP contribution is -2.21. The predicted molar refractivity (Wildman–Crippen MR) is 76.3 cm³/mol. The zero-order valence-corrected chi connectivity index (χ0v) is 12.4. The number of hydrogen-bond acceptors (Lipinski definition) is 3. The van der Waals surface area contributed by atoms with Gasteiger partial charge in [0.1, 0.15) is 0 Å². The first-order chi connectivity index (χ1) is 8.68. The van der Waals surface area contributed by atoms with Crippen LogP contribution in [0, 0.1) is 20.9 Å². The largest absolute Gasteiger partial charge is 0.309 e. The Kier molecular flexibility index (Phi) is 3.35. The van der Waals surface area contributed by atoms with Crippen molar-refractivity contribution in [3.8, 4) is 0 Å². The Morgan fingerprint density at radius 2 is 1.89 bits per heavy atom. The third-order valence-electron chi connectivity index (χ3n) is 4.76. The van der Waals surface area contributed by atoms with Gasteiger partial charge in [-0.15, -0.1) is 0 Å². The van der Waals surface area contributed by atoms with Crippen LogP contribution in [-0.2, 0) is 6.54 Å². The molecule has 4 nitrogen and oxygen atoms in total. The summed E-state index contributed by atoms with van der Waals surface area (Å²) in [5.74, 6) is 0. The molecule has 1 aliphatic carbocycles. The molecule has 0 heterocycles. The summed E-state index contributed by atoms with van der Waals surface area (Å²) < 4.78 is 0. The molecule has 0 aliphatic heterocycles. The molecular weight excluding hydrogens is 264 g/mol. The van der Waals surface area contributed by atoms with E-state index in [1.807, 2.05) is 0 Å². The van der Waals surface area contributed by atoms with Crippen molar-refractivity contribution < 1.29 is 4.92 Å². The van der Waals surface area contributed by atoms with Gasteiger partial charge in [0.2, 0.25) is 0 Å². The molecule has 0 spiro atoms. The van der Waals surface area contributed by atoms with E-state index in [9.17, 15) is 10.1 Å². The molecule has 0 unspecified atom stereocenters. The first-order valence-corrected chi connectivity index (χ1v) is 6.72. The lowest BCUT2D eigenvalue weighted by molar-refractivity contribution is -0.384. The van der Waals surface area contributed by atoms with Gasteiger partial charge in [0.15, 0.2) is 0 Å². The van der Waals surface area contributed by atoms with Gasteiger partial charge < -0.3 is 5.32 Å². The van der Waals surface area contributed by atoms with Crippen LogP contribution in [0.2, 0.25) is 5.02 Å². The van der Waals surface area contributed by atoms with E-state index >= 15 is 0 Å². The van der Waals surface area contributed by atoms with Crippen molar-refractivity contribution in [3.63, 3.8) is 0 Å². The summed E-state index contributed by atoms with van der Waals surface area (Å²) in [5, 5.41) is 14.6. The Bertz CT molecular complexity index is 512. The maximum absolute atomic E-state index is 10.6. The Morgan fingerprint density at radius 3 is 2.32 bits per heavy atom. The van der Waals surface area contributed by atoms with Crippen molar-refractivity contribution in [1.29, 1.82) is 0 Å². The van der Waals surface area contributed by atoms with Crippen LogP contribution in [-0.4, -0.2) is 11.0 Å². The van der Waals surface area contributed by atoms with E-state index in [0.717, 1.165) is 5.56 Å². The van der Waals surface area contributed by atoms with Gasteiger partial charge in [0, 0.05) is 24.7 Å². The van der Waals surface area contributed by atoms with Crippen LogP contribution in [0.4, 0.5) is 5.69 Å². The zero-order valence-electron chi connectivity index (χ0n) is 11.7. The number of hydrogen-bond donors (Lipinski definition) is 1. The summed E-state index contributed by atoms with van der Waals surface area (Å²) in [4.78, 5) is 10.2. The van der Waals surface area contributed by atoms with E-state index in [4.69, 9.17) is 11.6 Å². The normalized spacial score (nSPS) is 20.3. The lowest BCUT2D eigenvalue weighted by Gasteiger charge is -2.08. The van der Waals surface area contributed by atoms with Crippen LogP contribution in [0.3, 0.4) is 0 Å². The van der Waals surface area contributed by atoms with Gasteiger partial charge in [-0.1, -0.05) is 39.3 Å². The van der Waals surface area contributed by atoms with Gasteiger partial charge in [-0.3, -0.25) is 10.1 Å². The van der Waals surface area contributed by atoms with E-state index in [1.54, 1.807) is 6.07 Å². The minimum absolute atomic E-state index is 0.0285. The molecule has 5 heteroatoms. The highest BCUT2D eigenvalue weighted by Gasteiger charge is 2.64. The molecule has 1 aliphatic rings. The molecule has 19 heavy (non-hydrogen) atoms. The number of nitro groups is 1. The van der Waals surface area contributed by atoms with Crippen molar-refractivity contribution in [2.75, 3.05) is 0 Å². The second-order valence-corrected chi connectivity index (χ2v) is 6.70. The highest BCUT2D eigenvalue weighted by molar-refractivity contribution is 6.31. The number of non-ortho nitro benzene ring substituents is 1. The fourth-order valence-electron chi connectivity index (χ4n) is 2.71. The smallest absolute Gasteiger partial charge is 0.270 e. The van der Waals surface area contributed by atoms with Gasteiger partial charge in [-0.2, -0.15) is 0 Å². The van der Waals surface area contributed by atoms with Crippen molar-refractivity contribution in [2.45, 2.75) is 40.3 Å². The fraction of sp³-hybridized carbons (Fsp3) is 0.571. The predicted octanol–water partition coefficient (Wildman–Crippen LogP) is 3.77. The summed E-state index contributed by atoms with van der Waals surface area (Å²) in [6, 6.07) is 5.05. The van der Waals surface area contributed by atoms with E-state index in [2.05, 4.69) is 33.0 Å². The third kappa shape index (κ3) is 2.35. The number of benzene rings is 1. The molecule has 1 saturated carbocycles. The molecule has 104 valence electrons. The third-order valence-corrected chi connectivity index (χ3v) is 5.12. The van der Waals surface area contributed by atoms with Gasteiger partial charge in [-0.25, -0.2) is 0 Å². The number of nitrogens with one attached hydrogen (secondary N) is 1. The Morgan fingerprint density at radius 1 is 1.32 bits per heavy atom. The molecule has 0 amide bonds. The summed E-state index contributed by atoms with van der Waals surface area (Å²) >= 11 is 6.08. The topological polar surface area (TPSA) is 55.2 Å². The monoisotopic (exact) mass is 282 g/mol. The molecule has 0 aromatic heterocycles. The molecule has 1 fully saturated rings. The van der Waals surface area contributed by atoms with E-state index in [0.29, 0.717) is 17.6 Å². The first-order valence-electron chi connectivity index (χ1n) is 6.34. The van der Waals surface area contributed by atoms with Gasteiger partial charge in [-0.05, 0) is 22.5 Å². The van der Waals surface area contributed by atoms with Gasteiger partial charge in [0.05, 0.1) is 9.95 Å². The summed E-state index contributed by atoms with van der Waals surface area (Å²) in [5.41, 5.74) is 1.45. The van der Waals surface area contributed by atoms with Crippen LogP contribution in [0.5, 0.6) is 0 Å². The summed E-state index contributed by atoms with van der Waals surface area (Å²) in [6.07, 6.45) is 0. The van der Waals surface area contributed by atoms with Gasteiger partial charge >= 0.3 is 0 Å². The number of nitro benzene ring substituents is 1. The second kappa shape index (κ2) is 4.46. The van der Waals surface area contributed by atoms with Crippen LogP contribution >= 0.6 is 11.6 Å². The molecule has 1 aromatic rings. The molecule has 0 atom stereocenters. The molecule has 1 aromatic carbocycles. The quantitative estimate of drug-likeness (QED) is 0.675. The van der Waals surface area contributed by atoms with E-state index in [1.165, 1.54) is 12.1 Å². The van der Waals surface area contributed by atoms with Crippen LogP contribution < -0.4 is 5.32 Å². The number of nitrogens with zero attached hydrogens (tertiary/aromatic N) is 1. The van der Waals surface area contributed by atoms with Crippen LogP contribution in [0.15, 0.2) is 18.2 Å². The lowest BCUT2D eigenvalue weighted by atomic mass is 10.0. The van der Waals surface area contributed by atoms with E-state index in [-0.39, 0.29) is 16.5 Å². The highest BCUT2D eigenvalue weighted by Crippen LogP contribution is 2.62. The molecular formula is C14H19ClN2O2. The molecule has 1 N–H and O–H groups in total. The maximum atomic E-state index is 10.6. The van der Waals surface area contributed by atoms with Crippen molar-refractivity contribution in [1.82, 2.24) is 5.32 Å². The van der Waals surface area contributed by atoms with Crippen molar-refractivity contribution in [3.05, 3.63) is 38.9 Å². The summed E-state index contributed by atoms with van der Waals surface area (Å²) in [7, 11) is 0. The molecule has 2 rings (SSSR count). The number of halogens is 1. The average molecular weight is 283 g/mol. The highest BCUT2D eigenvalue weighted by atomic mass is 35.5. The van der Waals surface area contributed by atoms with Gasteiger partial charge in [0.25, 0.3) is 5.69 Å². The zero-order chi connectivity index (χ0) is 14.4. The molecule has 0 bridgehead atoms. The van der Waals surface area contributed by atoms with Crippen molar-refractivity contribution in [2.24, 2.45) is 10.8 Å². The summed E-state index contributed by atoms with van der Waals surface area (Å²) in [6.45, 7) is 9.59. The van der Waals surface area contributed by atoms with E-state index < -0.39 is 4.92 Å². The maximum Gasteiger partial charge on any atom is 0.270 e. The standard InChI is InChI=1S/C14H19ClN2O2/c1-13(2)12(14(13,3)4)16-8-9-5-6-10(17(18)19)7-11(9)15/h5-7,12,16H,8H2,1-4H3. The minimum atomic E-state index is -0.434. The Hall–Kier alpha value is -1.13. The first kappa shape index (κ1) is 14.3. The number of rotatable bonds is 4. The Balaban J connectivity index is 2.04. The fourth-order valence-corrected chi connectivity index (χ4v) is 2.95. The Labute approximate surface area is 118 Å².